The van der Waals surface area contributed by atoms with Gasteiger partial charge in [0.1, 0.15) is 23.5 Å². The molecule has 0 bridgehead atoms. The van der Waals surface area contributed by atoms with Crippen molar-refractivity contribution in [1.82, 2.24) is 0 Å². The Bertz CT molecular complexity index is 383. The van der Waals surface area contributed by atoms with Gasteiger partial charge >= 0.3 is 6.18 Å². The molecule has 2 nitrogen and oxygen atoms in total. The molecule has 1 fully saturated rings. The van der Waals surface area contributed by atoms with E-state index < -0.39 is 11.6 Å². The third-order valence-corrected chi connectivity index (χ3v) is 2.79. The summed E-state index contributed by atoms with van der Waals surface area (Å²) in [7, 11) is 0. The Morgan fingerprint density at radius 2 is 2.00 bits per heavy atom. The first-order chi connectivity index (χ1) is 7.43. The van der Waals surface area contributed by atoms with E-state index in [0.29, 0.717) is 0 Å². The van der Waals surface area contributed by atoms with Crippen LogP contribution in [0, 0.1) is 5.41 Å². The van der Waals surface area contributed by atoms with Crippen LogP contribution in [0.25, 0.3) is 0 Å². The highest BCUT2D eigenvalue weighted by Gasteiger charge is 2.63. The number of phenols is 1. The van der Waals surface area contributed by atoms with Crippen LogP contribution in [-0.4, -0.2) is 17.9 Å². The first kappa shape index (κ1) is 11.1. The van der Waals surface area contributed by atoms with Gasteiger partial charge in [-0.2, -0.15) is 13.2 Å². The number of halogens is 3. The molecule has 0 amide bonds. The van der Waals surface area contributed by atoms with Crippen LogP contribution in [0.4, 0.5) is 13.2 Å². The van der Waals surface area contributed by atoms with Crippen molar-refractivity contribution >= 4 is 0 Å². The number of benzene rings is 1. The Hall–Kier alpha value is -1.39. The topological polar surface area (TPSA) is 29.5 Å². The lowest BCUT2D eigenvalue weighted by Crippen LogP contribution is -2.30. The number of aromatic hydroxyl groups is 1. The van der Waals surface area contributed by atoms with Gasteiger partial charge in [0.2, 0.25) is 0 Å². The fourth-order valence-electron chi connectivity index (χ4n) is 1.46. The summed E-state index contributed by atoms with van der Waals surface area (Å²) >= 11 is 0. The molecule has 0 heterocycles. The highest BCUT2D eigenvalue weighted by Crippen LogP contribution is 2.57. The minimum absolute atomic E-state index is 0.0191. The highest BCUT2D eigenvalue weighted by molar-refractivity contribution is 5.31. The summed E-state index contributed by atoms with van der Waals surface area (Å²) in [6.07, 6.45) is -3.96. The third kappa shape index (κ3) is 2.08. The first-order valence-corrected chi connectivity index (χ1v) is 4.92. The van der Waals surface area contributed by atoms with Gasteiger partial charge in [-0.1, -0.05) is 6.07 Å². The molecule has 0 unspecified atom stereocenters. The maximum atomic E-state index is 12.5. The van der Waals surface area contributed by atoms with Crippen LogP contribution < -0.4 is 4.74 Å². The summed E-state index contributed by atoms with van der Waals surface area (Å²) < 4.78 is 42.7. The average Bonchev–Trinajstić information content (AvgIpc) is 2.94. The molecule has 1 N–H and O–H groups in total. The molecule has 0 spiro atoms. The second-order valence-electron chi connectivity index (χ2n) is 4.06. The molecular formula is C11H11F3O2. The molecule has 0 saturated heterocycles. The van der Waals surface area contributed by atoms with E-state index in [1.807, 2.05) is 0 Å². The quantitative estimate of drug-likeness (QED) is 0.867. The van der Waals surface area contributed by atoms with Gasteiger partial charge in [0, 0.05) is 6.07 Å². The third-order valence-electron chi connectivity index (χ3n) is 2.79. The van der Waals surface area contributed by atoms with Crippen LogP contribution in [0.3, 0.4) is 0 Å². The molecule has 1 aliphatic carbocycles. The van der Waals surface area contributed by atoms with Crippen LogP contribution >= 0.6 is 0 Å². The van der Waals surface area contributed by atoms with Gasteiger partial charge in [0.25, 0.3) is 0 Å². The predicted molar refractivity (Wildman–Crippen MR) is 51.3 cm³/mol. The second-order valence-corrected chi connectivity index (χ2v) is 4.06. The number of alkyl halides is 3. The van der Waals surface area contributed by atoms with Crippen molar-refractivity contribution in [2.75, 3.05) is 6.61 Å². The Balaban J connectivity index is 1.98. The molecular weight excluding hydrogens is 221 g/mol. The average molecular weight is 232 g/mol. The van der Waals surface area contributed by atoms with E-state index in [4.69, 9.17) is 9.84 Å². The molecule has 2 rings (SSSR count). The van der Waals surface area contributed by atoms with E-state index in [0.717, 1.165) is 0 Å². The standard InChI is InChI=1S/C11H11F3O2/c12-11(13,14)10(4-5-10)7-16-9-3-1-2-8(15)6-9/h1-3,6,15H,4-5,7H2. The maximum absolute atomic E-state index is 12.5. The van der Waals surface area contributed by atoms with Gasteiger partial charge in [0.05, 0.1) is 0 Å². The van der Waals surface area contributed by atoms with E-state index in [2.05, 4.69) is 0 Å². The SMILES string of the molecule is Oc1cccc(OCC2(C(F)(F)F)CC2)c1. The summed E-state index contributed by atoms with van der Waals surface area (Å²) in [5, 5.41) is 9.12. The Labute approximate surface area is 90.7 Å². The van der Waals surface area contributed by atoms with Crippen LogP contribution in [0.15, 0.2) is 24.3 Å². The summed E-state index contributed by atoms with van der Waals surface area (Å²) in [6, 6.07) is 5.78. The van der Waals surface area contributed by atoms with Crippen molar-refractivity contribution in [1.29, 1.82) is 0 Å². The lowest BCUT2D eigenvalue weighted by atomic mass is 10.1. The second kappa shape index (κ2) is 3.57. The summed E-state index contributed by atoms with van der Waals surface area (Å²) in [6.45, 7) is -0.375. The van der Waals surface area contributed by atoms with Gasteiger partial charge in [-0.15, -0.1) is 0 Å². The summed E-state index contributed by atoms with van der Waals surface area (Å²) in [4.78, 5) is 0. The van der Waals surface area contributed by atoms with Gasteiger partial charge < -0.3 is 9.84 Å². The number of ether oxygens (including phenoxy) is 1. The molecule has 88 valence electrons. The Kier molecular flexibility index (Phi) is 2.48. The predicted octanol–water partition coefficient (Wildman–Crippen LogP) is 3.11. The number of phenolic OH excluding ortho intramolecular Hbond substituents is 1. The molecule has 0 radical (unpaired) electrons. The van der Waals surface area contributed by atoms with Crippen LogP contribution in [0.5, 0.6) is 11.5 Å². The fraction of sp³-hybridized carbons (Fsp3) is 0.455. The molecule has 1 saturated carbocycles. The smallest absolute Gasteiger partial charge is 0.397 e. The van der Waals surface area contributed by atoms with Crippen molar-refractivity contribution in [3.63, 3.8) is 0 Å². The first-order valence-electron chi connectivity index (χ1n) is 4.92. The van der Waals surface area contributed by atoms with E-state index >= 15 is 0 Å². The summed E-state index contributed by atoms with van der Waals surface area (Å²) in [5.41, 5.74) is -1.67. The Morgan fingerprint density at radius 3 is 2.50 bits per heavy atom. The zero-order valence-corrected chi connectivity index (χ0v) is 8.42. The van der Waals surface area contributed by atoms with Gasteiger partial charge in [-0.05, 0) is 25.0 Å². The van der Waals surface area contributed by atoms with Crippen molar-refractivity contribution in [3.05, 3.63) is 24.3 Å². The van der Waals surface area contributed by atoms with Gasteiger partial charge in [-0.25, -0.2) is 0 Å². The lowest BCUT2D eigenvalue weighted by Gasteiger charge is -2.19. The van der Waals surface area contributed by atoms with Crippen LogP contribution in [0.2, 0.25) is 0 Å². The molecule has 1 aromatic carbocycles. The number of rotatable bonds is 3. The van der Waals surface area contributed by atoms with E-state index in [1.165, 1.54) is 24.3 Å². The largest absolute Gasteiger partial charge is 0.508 e. The fourth-order valence-corrected chi connectivity index (χ4v) is 1.46. The van der Waals surface area contributed by atoms with Crippen molar-refractivity contribution in [2.24, 2.45) is 5.41 Å². The van der Waals surface area contributed by atoms with Gasteiger partial charge in [0.15, 0.2) is 0 Å². The zero-order valence-electron chi connectivity index (χ0n) is 8.42. The molecule has 1 aromatic rings. The van der Waals surface area contributed by atoms with Gasteiger partial charge in [-0.3, -0.25) is 0 Å². The molecule has 0 aliphatic heterocycles. The zero-order chi connectivity index (χ0) is 11.8. The molecule has 0 aromatic heterocycles. The Morgan fingerprint density at radius 1 is 1.31 bits per heavy atom. The molecule has 0 atom stereocenters. The summed E-state index contributed by atoms with van der Waals surface area (Å²) in [5.74, 6) is 0.241. The molecule has 16 heavy (non-hydrogen) atoms. The van der Waals surface area contributed by atoms with E-state index in [-0.39, 0.29) is 30.9 Å². The number of hydrogen-bond donors (Lipinski definition) is 1. The maximum Gasteiger partial charge on any atom is 0.397 e. The normalized spacial score (nSPS) is 18.2. The van der Waals surface area contributed by atoms with Crippen LogP contribution in [0.1, 0.15) is 12.8 Å². The molecule has 1 aliphatic rings. The van der Waals surface area contributed by atoms with Crippen molar-refractivity contribution in [3.8, 4) is 11.5 Å². The van der Waals surface area contributed by atoms with Crippen molar-refractivity contribution < 1.29 is 23.0 Å². The number of hydrogen-bond acceptors (Lipinski definition) is 2. The minimum atomic E-state index is -4.20. The van der Waals surface area contributed by atoms with Crippen molar-refractivity contribution in [2.45, 2.75) is 19.0 Å². The van der Waals surface area contributed by atoms with E-state index in [1.54, 1.807) is 0 Å². The molecule has 5 heteroatoms. The lowest BCUT2D eigenvalue weighted by molar-refractivity contribution is -0.194. The monoisotopic (exact) mass is 232 g/mol. The van der Waals surface area contributed by atoms with E-state index in [9.17, 15) is 13.2 Å². The minimum Gasteiger partial charge on any atom is -0.508 e. The highest BCUT2D eigenvalue weighted by atomic mass is 19.4. The van der Waals surface area contributed by atoms with Crippen LogP contribution in [-0.2, 0) is 0 Å².